The van der Waals surface area contributed by atoms with E-state index >= 15 is 0 Å². The van der Waals surface area contributed by atoms with Crippen LogP contribution in [0.3, 0.4) is 0 Å². The normalized spacial score (nSPS) is 32.3. The number of imide groups is 1. The molecule has 0 aromatic heterocycles. The van der Waals surface area contributed by atoms with Crippen molar-refractivity contribution < 1.29 is 14.4 Å². The standard InChI is InChI=1S/C12H18N2O3.ClH/c13-11(16)8-3-1-7(2-4-8)9-5-6-10(15)14-12(9)17;/h7-9H,1-6H2,(H2,13,16)(H,14,15,17);1H. The van der Waals surface area contributed by atoms with Gasteiger partial charge in [-0.3, -0.25) is 19.7 Å². The number of piperidine rings is 1. The van der Waals surface area contributed by atoms with E-state index in [0.29, 0.717) is 18.8 Å². The molecule has 1 aliphatic heterocycles. The van der Waals surface area contributed by atoms with E-state index < -0.39 is 0 Å². The molecule has 18 heavy (non-hydrogen) atoms. The van der Waals surface area contributed by atoms with Crippen LogP contribution in [-0.4, -0.2) is 17.7 Å². The number of hydrogen-bond donors (Lipinski definition) is 2. The van der Waals surface area contributed by atoms with E-state index in [2.05, 4.69) is 5.32 Å². The van der Waals surface area contributed by atoms with Crippen LogP contribution >= 0.6 is 12.4 Å². The van der Waals surface area contributed by atoms with Crippen LogP contribution < -0.4 is 11.1 Å². The van der Waals surface area contributed by atoms with Gasteiger partial charge in [0.1, 0.15) is 0 Å². The van der Waals surface area contributed by atoms with E-state index in [9.17, 15) is 14.4 Å². The third kappa shape index (κ3) is 3.22. The Morgan fingerprint density at radius 1 is 1.11 bits per heavy atom. The highest BCUT2D eigenvalue weighted by Crippen LogP contribution is 2.36. The maximum atomic E-state index is 11.7. The Hall–Kier alpha value is -1.10. The van der Waals surface area contributed by atoms with Crippen LogP contribution in [0.1, 0.15) is 38.5 Å². The first-order valence-corrected chi connectivity index (χ1v) is 6.21. The Bertz CT molecular complexity index is 351. The molecule has 2 aliphatic rings. The fourth-order valence-electron chi connectivity index (χ4n) is 2.97. The topological polar surface area (TPSA) is 89.3 Å². The van der Waals surface area contributed by atoms with Gasteiger partial charge in [0.2, 0.25) is 17.7 Å². The molecular weight excluding hydrogens is 256 g/mol. The van der Waals surface area contributed by atoms with Gasteiger partial charge in [-0.05, 0) is 38.0 Å². The van der Waals surface area contributed by atoms with Gasteiger partial charge in [-0.15, -0.1) is 12.4 Å². The number of nitrogens with two attached hydrogens (primary N) is 1. The molecule has 0 aromatic rings. The van der Waals surface area contributed by atoms with Gasteiger partial charge in [0.25, 0.3) is 0 Å². The lowest BCUT2D eigenvalue weighted by molar-refractivity contribution is -0.138. The van der Waals surface area contributed by atoms with Gasteiger partial charge in [-0.25, -0.2) is 0 Å². The minimum absolute atomic E-state index is 0. The molecule has 0 aromatic carbocycles. The minimum Gasteiger partial charge on any atom is -0.369 e. The molecule has 1 saturated carbocycles. The summed E-state index contributed by atoms with van der Waals surface area (Å²) in [5.74, 6) is -0.313. The van der Waals surface area contributed by atoms with Crippen LogP contribution in [0.4, 0.5) is 0 Å². The second kappa shape index (κ2) is 6.18. The lowest BCUT2D eigenvalue weighted by Crippen LogP contribution is -2.44. The highest BCUT2D eigenvalue weighted by Gasteiger charge is 2.36. The van der Waals surface area contributed by atoms with Crippen LogP contribution in [0.5, 0.6) is 0 Å². The van der Waals surface area contributed by atoms with Crippen LogP contribution in [0.25, 0.3) is 0 Å². The van der Waals surface area contributed by atoms with Crippen molar-refractivity contribution >= 4 is 30.1 Å². The molecule has 2 fully saturated rings. The van der Waals surface area contributed by atoms with E-state index in [1.54, 1.807) is 0 Å². The lowest BCUT2D eigenvalue weighted by atomic mass is 9.73. The number of hydrogen-bond acceptors (Lipinski definition) is 3. The maximum absolute atomic E-state index is 11.7. The van der Waals surface area contributed by atoms with Crippen molar-refractivity contribution in [2.75, 3.05) is 0 Å². The molecule has 6 heteroatoms. The molecule has 102 valence electrons. The summed E-state index contributed by atoms with van der Waals surface area (Å²) in [5.41, 5.74) is 5.27. The smallest absolute Gasteiger partial charge is 0.229 e. The Labute approximate surface area is 112 Å². The summed E-state index contributed by atoms with van der Waals surface area (Å²) >= 11 is 0. The van der Waals surface area contributed by atoms with Gasteiger partial charge < -0.3 is 5.73 Å². The molecule has 5 nitrogen and oxygen atoms in total. The Kier molecular flexibility index (Phi) is 5.14. The molecule has 0 spiro atoms. The largest absolute Gasteiger partial charge is 0.369 e. The summed E-state index contributed by atoms with van der Waals surface area (Å²) < 4.78 is 0. The average molecular weight is 275 g/mol. The molecule has 3 N–H and O–H groups in total. The third-order valence-electron chi connectivity index (χ3n) is 4.03. The lowest BCUT2D eigenvalue weighted by Gasteiger charge is -2.33. The molecule has 2 rings (SSSR count). The molecule has 1 atom stereocenters. The van der Waals surface area contributed by atoms with Gasteiger partial charge >= 0.3 is 0 Å². The zero-order chi connectivity index (χ0) is 12.4. The van der Waals surface area contributed by atoms with Crippen molar-refractivity contribution in [1.82, 2.24) is 5.32 Å². The molecule has 3 amide bonds. The van der Waals surface area contributed by atoms with Crippen molar-refractivity contribution in [1.29, 1.82) is 0 Å². The average Bonchev–Trinajstić information content (AvgIpc) is 2.29. The molecule has 0 bridgehead atoms. The first-order valence-electron chi connectivity index (χ1n) is 6.21. The third-order valence-corrected chi connectivity index (χ3v) is 4.03. The van der Waals surface area contributed by atoms with E-state index in [-0.39, 0.29) is 42.0 Å². The van der Waals surface area contributed by atoms with E-state index in [4.69, 9.17) is 5.73 Å². The molecule has 0 radical (unpaired) electrons. The van der Waals surface area contributed by atoms with Crippen molar-refractivity contribution in [3.63, 3.8) is 0 Å². The predicted molar refractivity (Wildman–Crippen MR) is 67.8 cm³/mol. The molecule has 1 heterocycles. The number of carbonyl (C=O) groups excluding carboxylic acids is 3. The minimum atomic E-state index is -0.230. The highest BCUT2D eigenvalue weighted by molar-refractivity contribution is 5.98. The van der Waals surface area contributed by atoms with Crippen LogP contribution in [0.2, 0.25) is 0 Å². The van der Waals surface area contributed by atoms with Gasteiger partial charge in [-0.1, -0.05) is 0 Å². The van der Waals surface area contributed by atoms with Crippen molar-refractivity contribution in [3.8, 4) is 0 Å². The number of carbonyl (C=O) groups is 3. The second-order valence-electron chi connectivity index (χ2n) is 5.07. The Morgan fingerprint density at radius 2 is 1.72 bits per heavy atom. The number of rotatable bonds is 2. The summed E-state index contributed by atoms with van der Waals surface area (Å²) in [5, 5.41) is 2.39. The number of nitrogens with one attached hydrogen (secondary N) is 1. The first kappa shape index (κ1) is 15.0. The van der Waals surface area contributed by atoms with Crippen LogP contribution in [0, 0.1) is 17.8 Å². The molecule has 1 saturated heterocycles. The summed E-state index contributed by atoms with van der Waals surface area (Å²) in [4.78, 5) is 33.8. The number of halogens is 1. The Morgan fingerprint density at radius 3 is 2.22 bits per heavy atom. The first-order chi connectivity index (χ1) is 8.08. The predicted octanol–water partition coefficient (Wildman–Crippen LogP) is 0.753. The van der Waals surface area contributed by atoms with Crippen LogP contribution in [-0.2, 0) is 14.4 Å². The second-order valence-corrected chi connectivity index (χ2v) is 5.07. The zero-order valence-corrected chi connectivity index (χ0v) is 11.0. The molecular formula is C12H19ClN2O3. The van der Waals surface area contributed by atoms with Crippen LogP contribution in [0.15, 0.2) is 0 Å². The maximum Gasteiger partial charge on any atom is 0.229 e. The summed E-state index contributed by atoms with van der Waals surface area (Å²) in [6.07, 6.45) is 4.36. The molecule has 1 aliphatic carbocycles. The van der Waals surface area contributed by atoms with E-state index in [1.165, 1.54) is 0 Å². The fourth-order valence-corrected chi connectivity index (χ4v) is 2.97. The van der Waals surface area contributed by atoms with Crippen molar-refractivity contribution in [3.05, 3.63) is 0 Å². The van der Waals surface area contributed by atoms with Gasteiger partial charge in [0.15, 0.2) is 0 Å². The summed E-state index contributed by atoms with van der Waals surface area (Å²) in [7, 11) is 0. The van der Waals surface area contributed by atoms with Crippen molar-refractivity contribution in [2.45, 2.75) is 38.5 Å². The highest BCUT2D eigenvalue weighted by atomic mass is 35.5. The van der Waals surface area contributed by atoms with Crippen molar-refractivity contribution in [2.24, 2.45) is 23.5 Å². The SMILES string of the molecule is Cl.NC(=O)C1CCC(C2CCC(=O)NC2=O)CC1. The van der Waals surface area contributed by atoms with Gasteiger partial charge in [0.05, 0.1) is 0 Å². The van der Waals surface area contributed by atoms with Gasteiger partial charge in [-0.2, -0.15) is 0 Å². The molecule has 1 unspecified atom stereocenters. The summed E-state index contributed by atoms with van der Waals surface area (Å²) in [6, 6.07) is 0. The number of amides is 3. The summed E-state index contributed by atoms with van der Waals surface area (Å²) in [6.45, 7) is 0. The monoisotopic (exact) mass is 274 g/mol. The Balaban J connectivity index is 0.00000162. The van der Waals surface area contributed by atoms with Gasteiger partial charge in [0, 0.05) is 18.3 Å². The van der Waals surface area contributed by atoms with E-state index in [1.807, 2.05) is 0 Å². The number of primary amides is 1. The quantitative estimate of drug-likeness (QED) is 0.728. The fraction of sp³-hybridized carbons (Fsp3) is 0.750. The van der Waals surface area contributed by atoms with E-state index in [0.717, 1.165) is 25.7 Å². The zero-order valence-electron chi connectivity index (χ0n) is 10.2.